The monoisotopic (exact) mass is 235 g/mol. The van der Waals surface area contributed by atoms with Crippen LogP contribution in [0.1, 0.15) is 11.3 Å². The standard InChI is InChI=1S/C12H14ClN3/c1-9-2-3-11(6-12(9)13)16-7-10(4-5-14)15-8-16/h2-3,6-8H,4-5,14H2,1H3. The molecule has 0 aliphatic rings. The van der Waals surface area contributed by atoms with Crippen molar-refractivity contribution in [2.75, 3.05) is 6.54 Å². The molecule has 3 nitrogen and oxygen atoms in total. The van der Waals surface area contributed by atoms with E-state index in [4.69, 9.17) is 17.3 Å². The molecule has 84 valence electrons. The minimum atomic E-state index is 0.617. The first-order chi connectivity index (χ1) is 7.70. The molecule has 0 bridgehead atoms. The maximum Gasteiger partial charge on any atom is 0.0995 e. The van der Waals surface area contributed by atoms with Crippen LogP contribution in [0.25, 0.3) is 5.69 Å². The Balaban J connectivity index is 2.31. The fourth-order valence-corrected chi connectivity index (χ4v) is 1.70. The van der Waals surface area contributed by atoms with E-state index in [0.717, 1.165) is 28.4 Å². The van der Waals surface area contributed by atoms with Gasteiger partial charge in [-0.3, -0.25) is 0 Å². The summed E-state index contributed by atoms with van der Waals surface area (Å²) in [6.45, 7) is 2.60. The lowest BCUT2D eigenvalue weighted by Gasteiger charge is -2.04. The van der Waals surface area contributed by atoms with E-state index in [1.54, 1.807) is 6.33 Å². The van der Waals surface area contributed by atoms with Crippen molar-refractivity contribution in [3.05, 3.63) is 47.0 Å². The van der Waals surface area contributed by atoms with E-state index in [-0.39, 0.29) is 0 Å². The Morgan fingerprint density at radius 2 is 2.25 bits per heavy atom. The van der Waals surface area contributed by atoms with E-state index < -0.39 is 0 Å². The molecule has 0 amide bonds. The van der Waals surface area contributed by atoms with Gasteiger partial charge in [-0.25, -0.2) is 4.98 Å². The number of nitrogens with two attached hydrogens (primary N) is 1. The predicted octanol–water partition coefficient (Wildman–Crippen LogP) is 2.34. The lowest BCUT2D eigenvalue weighted by molar-refractivity contribution is 0.934. The highest BCUT2D eigenvalue weighted by atomic mass is 35.5. The molecule has 0 fully saturated rings. The number of aromatic nitrogens is 2. The van der Waals surface area contributed by atoms with Crippen molar-refractivity contribution in [3.8, 4) is 5.69 Å². The van der Waals surface area contributed by atoms with Crippen LogP contribution in [-0.4, -0.2) is 16.1 Å². The average molecular weight is 236 g/mol. The lowest BCUT2D eigenvalue weighted by atomic mass is 10.2. The first-order valence-electron chi connectivity index (χ1n) is 5.20. The molecule has 2 rings (SSSR count). The maximum atomic E-state index is 6.08. The minimum Gasteiger partial charge on any atom is -0.330 e. The van der Waals surface area contributed by atoms with E-state index in [2.05, 4.69) is 4.98 Å². The van der Waals surface area contributed by atoms with Crippen molar-refractivity contribution in [2.24, 2.45) is 5.73 Å². The summed E-state index contributed by atoms with van der Waals surface area (Å²) in [5, 5.41) is 0.770. The van der Waals surface area contributed by atoms with Gasteiger partial charge in [0.2, 0.25) is 0 Å². The number of aryl methyl sites for hydroxylation is 1. The van der Waals surface area contributed by atoms with Crippen LogP contribution in [0.15, 0.2) is 30.7 Å². The van der Waals surface area contributed by atoms with Gasteiger partial charge in [0.15, 0.2) is 0 Å². The van der Waals surface area contributed by atoms with E-state index in [9.17, 15) is 0 Å². The number of nitrogens with zero attached hydrogens (tertiary/aromatic N) is 2. The van der Waals surface area contributed by atoms with Gasteiger partial charge in [0.25, 0.3) is 0 Å². The van der Waals surface area contributed by atoms with Gasteiger partial charge in [-0.1, -0.05) is 17.7 Å². The van der Waals surface area contributed by atoms with Crippen LogP contribution < -0.4 is 5.73 Å². The molecular weight excluding hydrogens is 222 g/mol. The Kier molecular flexibility index (Phi) is 3.27. The van der Waals surface area contributed by atoms with E-state index in [1.807, 2.05) is 35.9 Å². The third-order valence-electron chi connectivity index (χ3n) is 2.49. The second kappa shape index (κ2) is 4.68. The van der Waals surface area contributed by atoms with Gasteiger partial charge in [-0.2, -0.15) is 0 Å². The molecule has 1 heterocycles. The van der Waals surface area contributed by atoms with Crippen molar-refractivity contribution in [1.82, 2.24) is 9.55 Å². The van der Waals surface area contributed by atoms with E-state index >= 15 is 0 Å². The molecule has 2 N–H and O–H groups in total. The lowest BCUT2D eigenvalue weighted by Crippen LogP contribution is -2.02. The Hall–Kier alpha value is -1.32. The Morgan fingerprint density at radius 1 is 1.44 bits per heavy atom. The molecule has 0 aliphatic carbocycles. The SMILES string of the molecule is Cc1ccc(-n2cnc(CCN)c2)cc1Cl. The van der Waals surface area contributed by atoms with Crippen LogP contribution in [-0.2, 0) is 6.42 Å². The zero-order chi connectivity index (χ0) is 11.5. The van der Waals surface area contributed by atoms with Gasteiger partial charge in [-0.05, 0) is 31.2 Å². The average Bonchev–Trinajstić information content (AvgIpc) is 2.71. The summed E-state index contributed by atoms with van der Waals surface area (Å²) < 4.78 is 1.95. The molecule has 4 heteroatoms. The Labute approximate surface area is 99.9 Å². The van der Waals surface area contributed by atoms with Gasteiger partial charge < -0.3 is 10.3 Å². The second-order valence-electron chi connectivity index (χ2n) is 3.74. The van der Waals surface area contributed by atoms with Crippen molar-refractivity contribution >= 4 is 11.6 Å². The zero-order valence-electron chi connectivity index (χ0n) is 9.15. The largest absolute Gasteiger partial charge is 0.330 e. The Bertz CT molecular complexity index is 491. The molecule has 16 heavy (non-hydrogen) atoms. The summed E-state index contributed by atoms with van der Waals surface area (Å²) in [6.07, 6.45) is 4.56. The van der Waals surface area contributed by atoms with Gasteiger partial charge in [0.05, 0.1) is 12.0 Å². The van der Waals surface area contributed by atoms with Crippen molar-refractivity contribution in [3.63, 3.8) is 0 Å². The smallest absolute Gasteiger partial charge is 0.0995 e. The van der Waals surface area contributed by atoms with Gasteiger partial charge in [0.1, 0.15) is 0 Å². The zero-order valence-corrected chi connectivity index (χ0v) is 9.91. The quantitative estimate of drug-likeness (QED) is 0.888. The summed E-state index contributed by atoms with van der Waals surface area (Å²) in [5.74, 6) is 0. The molecule has 1 aromatic heterocycles. The number of halogens is 1. The highest BCUT2D eigenvalue weighted by Crippen LogP contribution is 2.19. The molecule has 0 aliphatic heterocycles. The maximum absolute atomic E-state index is 6.08. The van der Waals surface area contributed by atoms with E-state index in [1.165, 1.54) is 0 Å². The van der Waals surface area contributed by atoms with Crippen molar-refractivity contribution in [2.45, 2.75) is 13.3 Å². The highest BCUT2D eigenvalue weighted by molar-refractivity contribution is 6.31. The first kappa shape index (κ1) is 11.2. The summed E-state index contributed by atoms with van der Waals surface area (Å²) in [4.78, 5) is 4.27. The highest BCUT2D eigenvalue weighted by Gasteiger charge is 2.02. The topological polar surface area (TPSA) is 43.8 Å². The number of imidazole rings is 1. The fourth-order valence-electron chi connectivity index (χ4n) is 1.52. The van der Waals surface area contributed by atoms with Gasteiger partial charge in [0, 0.05) is 23.3 Å². The Morgan fingerprint density at radius 3 is 2.94 bits per heavy atom. The first-order valence-corrected chi connectivity index (χ1v) is 5.58. The molecule has 0 radical (unpaired) electrons. The van der Waals surface area contributed by atoms with Crippen molar-refractivity contribution < 1.29 is 0 Å². The third-order valence-corrected chi connectivity index (χ3v) is 2.90. The van der Waals surface area contributed by atoms with Crippen LogP contribution in [0.2, 0.25) is 5.02 Å². The minimum absolute atomic E-state index is 0.617. The van der Waals surface area contributed by atoms with Crippen LogP contribution in [0, 0.1) is 6.92 Å². The molecular formula is C12H14ClN3. The number of rotatable bonds is 3. The van der Waals surface area contributed by atoms with Crippen molar-refractivity contribution in [1.29, 1.82) is 0 Å². The number of hydrogen-bond acceptors (Lipinski definition) is 2. The number of benzene rings is 1. The summed E-state index contributed by atoms with van der Waals surface area (Å²) >= 11 is 6.08. The molecule has 0 unspecified atom stereocenters. The molecule has 1 aromatic carbocycles. The number of hydrogen-bond donors (Lipinski definition) is 1. The van der Waals surface area contributed by atoms with Crippen LogP contribution in [0.3, 0.4) is 0 Å². The third kappa shape index (κ3) is 2.26. The van der Waals surface area contributed by atoms with Crippen LogP contribution in [0.4, 0.5) is 0 Å². The summed E-state index contributed by atoms with van der Waals surface area (Å²) in [7, 11) is 0. The van der Waals surface area contributed by atoms with Crippen LogP contribution in [0.5, 0.6) is 0 Å². The van der Waals surface area contributed by atoms with E-state index in [0.29, 0.717) is 6.54 Å². The summed E-state index contributed by atoms with van der Waals surface area (Å²) in [6, 6.07) is 5.96. The molecule has 0 spiro atoms. The molecule has 0 saturated heterocycles. The molecule has 0 saturated carbocycles. The molecule has 0 atom stereocenters. The van der Waals surface area contributed by atoms with Gasteiger partial charge >= 0.3 is 0 Å². The normalized spacial score (nSPS) is 10.7. The predicted molar refractivity (Wildman–Crippen MR) is 66.1 cm³/mol. The van der Waals surface area contributed by atoms with Crippen LogP contribution >= 0.6 is 11.6 Å². The summed E-state index contributed by atoms with van der Waals surface area (Å²) in [5.41, 5.74) is 8.58. The van der Waals surface area contributed by atoms with Gasteiger partial charge in [-0.15, -0.1) is 0 Å². The fraction of sp³-hybridized carbons (Fsp3) is 0.250. The second-order valence-corrected chi connectivity index (χ2v) is 4.15. The molecule has 2 aromatic rings.